The Morgan fingerprint density at radius 1 is 0.966 bits per heavy atom. The van der Waals surface area contributed by atoms with Gasteiger partial charge in [-0.3, -0.25) is 19.2 Å². The summed E-state index contributed by atoms with van der Waals surface area (Å²) in [4.78, 5) is 47.3. The number of nitrogens with one attached hydrogen (secondary N) is 3. The molecule has 0 unspecified atom stereocenters. The maximum absolute atomic E-state index is 11.8. The minimum atomic E-state index is -0.773. The molecule has 0 aliphatic rings. The van der Waals surface area contributed by atoms with Crippen LogP contribution < -0.4 is 20.7 Å². The Hall–Kier alpha value is -3.40. The number of hydrogen-bond donors (Lipinski definition) is 3. The van der Waals surface area contributed by atoms with Crippen LogP contribution in [0.4, 0.5) is 5.69 Å². The predicted octanol–water partition coefficient (Wildman–Crippen LogP) is 1.17. The maximum atomic E-state index is 11.8. The van der Waals surface area contributed by atoms with Crippen molar-refractivity contribution in [1.29, 1.82) is 0 Å². The smallest absolute Gasteiger partial charge is 0.325 e. The molecule has 0 saturated carbocycles. The highest BCUT2D eigenvalue weighted by Crippen LogP contribution is 2.15. The summed E-state index contributed by atoms with van der Waals surface area (Å²) in [5.41, 5.74) is 0.532. The van der Waals surface area contributed by atoms with Crippen molar-refractivity contribution in [1.82, 2.24) is 10.6 Å². The summed E-state index contributed by atoms with van der Waals surface area (Å²) in [6, 6.07) is 10.1. The summed E-state index contributed by atoms with van der Waals surface area (Å²) in [5.74, 6) is -1.53. The van der Waals surface area contributed by atoms with E-state index >= 15 is 0 Å². The van der Waals surface area contributed by atoms with Gasteiger partial charge in [-0.15, -0.1) is 11.3 Å². The first-order valence-electron chi connectivity index (χ1n) is 8.74. The van der Waals surface area contributed by atoms with E-state index in [0.717, 1.165) is 0 Å². The average molecular weight is 419 g/mol. The van der Waals surface area contributed by atoms with Gasteiger partial charge in [-0.1, -0.05) is 6.07 Å². The van der Waals surface area contributed by atoms with Crippen molar-refractivity contribution in [3.63, 3.8) is 0 Å². The summed E-state index contributed by atoms with van der Waals surface area (Å²) in [5, 5.41) is 9.06. The standard InChI is InChI=1S/C19H21N3O6S/c1-2-27-14-7-5-13(6-8-14)22-17(24)12-28-18(25)11-20-16(23)10-21-19(26)15-4-3-9-29-15/h3-9H,2,10-12H2,1H3,(H,20,23)(H,21,26)(H,22,24). The molecule has 0 atom stereocenters. The largest absolute Gasteiger partial charge is 0.494 e. The molecule has 9 nitrogen and oxygen atoms in total. The van der Waals surface area contributed by atoms with Gasteiger partial charge in [0.15, 0.2) is 6.61 Å². The quantitative estimate of drug-likeness (QED) is 0.497. The number of thiophene rings is 1. The fourth-order valence-electron chi connectivity index (χ4n) is 2.08. The van der Waals surface area contributed by atoms with Crippen LogP contribution in [0.25, 0.3) is 0 Å². The Morgan fingerprint density at radius 2 is 1.72 bits per heavy atom. The van der Waals surface area contributed by atoms with Gasteiger partial charge < -0.3 is 25.4 Å². The molecule has 154 valence electrons. The molecule has 0 fully saturated rings. The highest BCUT2D eigenvalue weighted by Gasteiger charge is 2.12. The van der Waals surface area contributed by atoms with E-state index in [2.05, 4.69) is 16.0 Å². The molecule has 1 heterocycles. The van der Waals surface area contributed by atoms with E-state index in [1.165, 1.54) is 11.3 Å². The second-order valence-electron chi connectivity index (χ2n) is 5.60. The van der Waals surface area contributed by atoms with Gasteiger partial charge >= 0.3 is 5.97 Å². The van der Waals surface area contributed by atoms with E-state index in [4.69, 9.17) is 9.47 Å². The van der Waals surface area contributed by atoms with Crippen LogP contribution in [-0.2, 0) is 19.1 Å². The van der Waals surface area contributed by atoms with Crippen LogP contribution in [0.15, 0.2) is 41.8 Å². The van der Waals surface area contributed by atoms with E-state index in [1.807, 2.05) is 6.92 Å². The highest BCUT2D eigenvalue weighted by atomic mass is 32.1. The second kappa shape index (κ2) is 11.4. The van der Waals surface area contributed by atoms with Crippen molar-refractivity contribution in [2.45, 2.75) is 6.92 Å². The molecule has 0 spiro atoms. The summed E-state index contributed by atoms with van der Waals surface area (Å²) in [6.45, 7) is 1.23. The molecule has 0 aliphatic heterocycles. The van der Waals surface area contributed by atoms with Crippen LogP contribution in [-0.4, -0.2) is 50.0 Å². The van der Waals surface area contributed by atoms with E-state index in [-0.39, 0.29) is 12.5 Å². The molecule has 1 aromatic carbocycles. The van der Waals surface area contributed by atoms with Crippen LogP contribution in [0.2, 0.25) is 0 Å². The zero-order chi connectivity index (χ0) is 21.1. The number of hydrogen-bond acceptors (Lipinski definition) is 7. The normalized spacial score (nSPS) is 9.97. The molecule has 10 heteroatoms. The third kappa shape index (κ3) is 8.01. The van der Waals surface area contributed by atoms with Crippen LogP contribution in [0.1, 0.15) is 16.6 Å². The lowest BCUT2D eigenvalue weighted by Crippen LogP contribution is -2.39. The fraction of sp³-hybridized carbons (Fsp3) is 0.263. The number of esters is 1. The van der Waals surface area contributed by atoms with Crippen molar-refractivity contribution in [3.05, 3.63) is 46.7 Å². The first-order chi connectivity index (χ1) is 14.0. The Labute approximate surface area is 171 Å². The van der Waals surface area contributed by atoms with E-state index in [1.54, 1.807) is 41.8 Å². The molecule has 0 bridgehead atoms. The van der Waals surface area contributed by atoms with Gasteiger partial charge in [-0.05, 0) is 42.6 Å². The van der Waals surface area contributed by atoms with Gasteiger partial charge in [0.2, 0.25) is 5.91 Å². The fourth-order valence-corrected chi connectivity index (χ4v) is 2.72. The summed E-state index contributed by atoms with van der Waals surface area (Å²) >= 11 is 1.25. The summed E-state index contributed by atoms with van der Waals surface area (Å²) in [7, 11) is 0. The molecule has 0 aliphatic carbocycles. The number of carbonyl (C=O) groups excluding carboxylic acids is 4. The second-order valence-corrected chi connectivity index (χ2v) is 6.55. The van der Waals surface area contributed by atoms with Crippen LogP contribution in [0.3, 0.4) is 0 Å². The van der Waals surface area contributed by atoms with Gasteiger partial charge in [0.05, 0.1) is 18.0 Å². The molecular formula is C19H21N3O6S. The van der Waals surface area contributed by atoms with Crippen LogP contribution in [0, 0.1) is 0 Å². The van der Waals surface area contributed by atoms with Gasteiger partial charge in [0.1, 0.15) is 12.3 Å². The third-order valence-electron chi connectivity index (χ3n) is 3.40. The van der Waals surface area contributed by atoms with Gasteiger partial charge in [-0.25, -0.2) is 0 Å². The Morgan fingerprint density at radius 3 is 2.38 bits per heavy atom. The number of amides is 3. The van der Waals surface area contributed by atoms with E-state index in [0.29, 0.717) is 22.9 Å². The highest BCUT2D eigenvalue weighted by molar-refractivity contribution is 7.12. The number of ether oxygens (including phenoxy) is 2. The first-order valence-corrected chi connectivity index (χ1v) is 9.62. The van der Waals surface area contributed by atoms with Crippen molar-refractivity contribution >= 4 is 40.7 Å². The lowest BCUT2D eigenvalue weighted by atomic mass is 10.3. The number of carbonyl (C=O) groups is 4. The van der Waals surface area contributed by atoms with Crippen LogP contribution >= 0.6 is 11.3 Å². The molecule has 29 heavy (non-hydrogen) atoms. The van der Waals surface area contributed by atoms with Crippen molar-refractivity contribution in [2.75, 3.05) is 31.6 Å². The molecule has 1 aromatic heterocycles. The Balaban J connectivity index is 1.61. The molecule has 3 N–H and O–H groups in total. The Bertz CT molecular complexity index is 836. The Kier molecular flexibility index (Phi) is 8.64. The van der Waals surface area contributed by atoms with Gasteiger partial charge in [-0.2, -0.15) is 0 Å². The summed E-state index contributed by atoms with van der Waals surface area (Å²) < 4.78 is 10.1. The molecule has 0 radical (unpaired) electrons. The number of anilines is 1. The SMILES string of the molecule is CCOc1ccc(NC(=O)COC(=O)CNC(=O)CNC(=O)c2cccs2)cc1. The predicted molar refractivity (Wildman–Crippen MR) is 107 cm³/mol. The first kappa shape index (κ1) is 21.9. The van der Waals surface area contributed by atoms with Gasteiger partial charge in [0.25, 0.3) is 11.8 Å². The molecule has 0 saturated heterocycles. The number of benzene rings is 1. The number of rotatable bonds is 10. The van der Waals surface area contributed by atoms with Crippen molar-refractivity contribution < 1.29 is 28.7 Å². The van der Waals surface area contributed by atoms with Crippen molar-refractivity contribution in [2.24, 2.45) is 0 Å². The molecule has 3 amide bonds. The monoisotopic (exact) mass is 419 g/mol. The minimum Gasteiger partial charge on any atom is -0.494 e. The third-order valence-corrected chi connectivity index (χ3v) is 4.27. The lowest BCUT2D eigenvalue weighted by molar-refractivity contribution is -0.147. The minimum absolute atomic E-state index is 0.276. The maximum Gasteiger partial charge on any atom is 0.325 e. The zero-order valence-electron chi connectivity index (χ0n) is 15.7. The van der Waals surface area contributed by atoms with Gasteiger partial charge in [0, 0.05) is 5.69 Å². The zero-order valence-corrected chi connectivity index (χ0v) is 16.5. The van der Waals surface area contributed by atoms with E-state index in [9.17, 15) is 19.2 Å². The van der Waals surface area contributed by atoms with E-state index < -0.39 is 30.9 Å². The molecular weight excluding hydrogens is 398 g/mol. The molecule has 2 rings (SSSR count). The van der Waals surface area contributed by atoms with Crippen molar-refractivity contribution in [3.8, 4) is 5.75 Å². The summed E-state index contributed by atoms with van der Waals surface area (Å²) in [6.07, 6.45) is 0. The average Bonchev–Trinajstić information content (AvgIpc) is 3.25. The molecule has 2 aromatic rings. The topological polar surface area (TPSA) is 123 Å². The van der Waals surface area contributed by atoms with Crippen LogP contribution in [0.5, 0.6) is 5.75 Å². The lowest BCUT2D eigenvalue weighted by Gasteiger charge is -2.09.